The van der Waals surface area contributed by atoms with E-state index in [4.69, 9.17) is 14.9 Å². The van der Waals surface area contributed by atoms with Crippen LogP contribution < -0.4 is 5.32 Å². The van der Waals surface area contributed by atoms with Gasteiger partial charge in [-0.2, -0.15) is 0 Å². The third-order valence-corrected chi connectivity index (χ3v) is 2.30. The normalized spacial score (nSPS) is 35.2. The zero-order valence-electron chi connectivity index (χ0n) is 6.70. The van der Waals surface area contributed by atoms with E-state index in [9.17, 15) is 9.67 Å². The minimum atomic E-state index is -4.50. The molecule has 0 aromatic heterocycles. The molecule has 0 amide bonds. The number of β-amino-alcohol motifs (C(OH)–C–C–N with tert-alkyl or cyclic N) is 1. The molecule has 5 N–H and O–H groups in total. The molecule has 1 aliphatic heterocycles. The quantitative estimate of drug-likeness (QED) is 0.337. The number of aliphatic hydroxyl groups excluding tert-OH is 2. The molecule has 7 nitrogen and oxygen atoms in total. The van der Waals surface area contributed by atoms with Gasteiger partial charge in [0.15, 0.2) is 0 Å². The Morgan fingerprint density at radius 2 is 2.08 bits per heavy atom. The van der Waals surface area contributed by atoms with Gasteiger partial charge in [-0.25, -0.2) is 4.57 Å². The zero-order chi connectivity index (χ0) is 10.1. The van der Waals surface area contributed by atoms with E-state index in [1.54, 1.807) is 0 Å². The first-order valence-corrected chi connectivity index (χ1v) is 5.23. The van der Waals surface area contributed by atoms with E-state index in [1.165, 1.54) is 0 Å². The van der Waals surface area contributed by atoms with Crippen molar-refractivity contribution in [3.8, 4) is 0 Å². The van der Waals surface area contributed by atoms with Crippen LogP contribution in [0.3, 0.4) is 0 Å². The molecule has 1 saturated heterocycles. The lowest BCUT2D eigenvalue weighted by Crippen LogP contribution is -2.36. The van der Waals surface area contributed by atoms with Crippen LogP contribution in [0.5, 0.6) is 0 Å². The fourth-order valence-corrected chi connectivity index (χ4v) is 1.47. The van der Waals surface area contributed by atoms with Crippen LogP contribution in [0.1, 0.15) is 0 Å². The van der Waals surface area contributed by atoms with Crippen molar-refractivity contribution >= 4 is 7.82 Å². The van der Waals surface area contributed by atoms with Gasteiger partial charge in [0.2, 0.25) is 0 Å². The van der Waals surface area contributed by atoms with Gasteiger partial charge in [0, 0.05) is 6.54 Å². The van der Waals surface area contributed by atoms with Crippen molar-refractivity contribution in [1.82, 2.24) is 5.32 Å². The van der Waals surface area contributed by atoms with E-state index in [-0.39, 0.29) is 13.2 Å². The largest absolute Gasteiger partial charge is 0.469 e. The first-order valence-electron chi connectivity index (χ1n) is 3.70. The third-order valence-electron chi connectivity index (χ3n) is 1.82. The first-order chi connectivity index (χ1) is 5.90. The summed E-state index contributed by atoms with van der Waals surface area (Å²) < 4.78 is 14.4. The Kier molecular flexibility index (Phi) is 3.42. The number of aliphatic hydroxyl groups is 2. The lowest BCUT2D eigenvalue weighted by Gasteiger charge is -2.15. The molecule has 1 fully saturated rings. The van der Waals surface area contributed by atoms with Crippen LogP contribution in [0.25, 0.3) is 0 Å². The Balaban J connectivity index is 2.35. The lowest BCUT2D eigenvalue weighted by molar-refractivity contribution is 0.0289. The summed E-state index contributed by atoms with van der Waals surface area (Å²) in [6, 6.07) is -0.636. The van der Waals surface area contributed by atoms with Gasteiger partial charge in [-0.1, -0.05) is 0 Å². The van der Waals surface area contributed by atoms with Crippen LogP contribution >= 0.6 is 7.82 Å². The molecule has 13 heavy (non-hydrogen) atoms. The van der Waals surface area contributed by atoms with Crippen molar-refractivity contribution in [3.05, 3.63) is 0 Å². The predicted molar refractivity (Wildman–Crippen MR) is 41.8 cm³/mol. The minimum Gasteiger partial charge on any atom is -0.389 e. The third kappa shape index (κ3) is 3.32. The molecule has 1 aliphatic rings. The number of nitrogens with one attached hydrogen (secondary N) is 1. The van der Waals surface area contributed by atoms with Crippen LogP contribution in [0.15, 0.2) is 0 Å². The maximum Gasteiger partial charge on any atom is 0.469 e. The van der Waals surface area contributed by atoms with Gasteiger partial charge in [-0.05, 0) is 0 Å². The second kappa shape index (κ2) is 4.02. The topological polar surface area (TPSA) is 119 Å². The summed E-state index contributed by atoms with van der Waals surface area (Å²) in [6.45, 7) is -0.140. The summed E-state index contributed by atoms with van der Waals surface area (Å²) in [7, 11) is -4.50. The van der Waals surface area contributed by atoms with Crippen molar-refractivity contribution < 1.29 is 29.1 Å². The van der Waals surface area contributed by atoms with Crippen molar-refractivity contribution in [2.75, 3.05) is 13.2 Å². The Bertz CT molecular complexity index is 217. The second-order valence-corrected chi connectivity index (χ2v) is 4.10. The fourth-order valence-electron chi connectivity index (χ4n) is 1.12. The lowest BCUT2D eigenvalue weighted by atomic mass is 10.1. The van der Waals surface area contributed by atoms with Gasteiger partial charge in [0.1, 0.15) is 0 Å². The van der Waals surface area contributed by atoms with Gasteiger partial charge in [-0.3, -0.25) is 4.52 Å². The maximum absolute atomic E-state index is 10.3. The van der Waals surface area contributed by atoms with Crippen molar-refractivity contribution in [2.45, 2.75) is 18.2 Å². The number of hydrogen-bond acceptors (Lipinski definition) is 5. The van der Waals surface area contributed by atoms with Crippen molar-refractivity contribution in [2.24, 2.45) is 0 Å². The number of rotatable bonds is 3. The Hall–Kier alpha value is -0.0100. The number of hydrogen-bond donors (Lipinski definition) is 5. The summed E-state index contributed by atoms with van der Waals surface area (Å²) >= 11 is 0. The van der Waals surface area contributed by atoms with Crippen molar-refractivity contribution in [1.29, 1.82) is 0 Å². The van der Waals surface area contributed by atoms with E-state index < -0.39 is 26.1 Å². The van der Waals surface area contributed by atoms with Gasteiger partial charge in [0.05, 0.1) is 24.9 Å². The number of phosphoric acid groups is 1. The summed E-state index contributed by atoms with van der Waals surface area (Å²) in [5.41, 5.74) is 0. The molecule has 0 unspecified atom stereocenters. The SMILES string of the molecule is O=P(O)(O)OC[C@H]1NC[C@H](O)[C@@H]1O. The fraction of sp³-hybridized carbons (Fsp3) is 1.00. The molecular weight excluding hydrogens is 201 g/mol. The molecule has 0 aromatic carbocycles. The smallest absolute Gasteiger partial charge is 0.389 e. The standard InChI is InChI=1S/C5H12NO6P/c7-4-1-6-3(5(4)8)2-12-13(9,10)11/h3-8H,1-2H2,(H2,9,10,11)/t3-,4+,5-/m1/s1. The van der Waals surface area contributed by atoms with E-state index in [0.717, 1.165) is 0 Å². The minimum absolute atomic E-state index is 0.191. The van der Waals surface area contributed by atoms with E-state index >= 15 is 0 Å². The monoisotopic (exact) mass is 213 g/mol. The Morgan fingerprint density at radius 1 is 1.46 bits per heavy atom. The molecule has 0 aromatic rings. The van der Waals surface area contributed by atoms with E-state index in [0.29, 0.717) is 0 Å². The Labute approximate surface area is 74.6 Å². The van der Waals surface area contributed by atoms with Crippen LogP contribution in [0.4, 0.5) is 0 Å². The molecule has 1 heterocycles. The van der Waals surface area contributed by atoms with E-state index in [2.05, 4.69) is 9.84 Å². The summed E-state index contributed by atoms with van der Waals surface area (Å²) in [5.74, 6) is 0. The van der Waals surface area contributed by atoms with Gasteiger partial charge in [0.25, 0.3) is 0 Å². The molecule has 0 bridgehead atoms. The second-order valence-electron chi connectivity index (χ2n) is 2.86. The van der Waals surface area contributed by atoms with Crippen LogP contribution in [-0.2, 0) is 9.09 Å². The van der Waals surface area contributed by atoms with Gasteiger partial charge in [-0.15, -0.1) is 0 Å². The highest BCUT2D eigenvalue weighted by atomic mass is 31.2. The number of phosphoric ester groups is 1. The molecule has 78 valence electrons. The Morgan fingerprint density at radius 3 is 2.46 bits per heavy atom. The molecule has 0 saturated carbocycles. The van der Waals surface area contributed by atoms with Crippen LogP contribution in [0.2, 0.25) is 0 Å². The average molecular weight is 213 g/mol. The van der Waals surface area contributed by atoms with Crippen LogP contribution in [-0.4, -0.2) is 51.4 Å². The van der Waals surface area contributed by atoms with Crippen LogP contribution in [0, 0.1) is 0 Å². The van der Waals surface area contributed by atoms with Crippen molar-refractivity contribution in [3.63, 3.8) is 0 Å². The molecule has 0 radical (unpaired) electrons. The van der Waals surface area contributed by atoms with Gasteiger partial charge < -0.3 is 25.3 Å². The molecule has 0 spiro atoms. The predicted octanol–water partition coefficient (Wildman–Crippen LogP) is -2.21. The zero-order valence-corrected chi connectivity index (χ0v) is 7.59. The highest BCUT2D eigenvalue weighted by molar-refractivity contribution is 7.46. The molecule has 1 rings (SSSR count). The first kappa shape index (κ1) is 11.1. The molecule has 0 aliphatic carbocycles. The molecular formula is C5H12NO6P. The molecule has 8 heteroatoms. The average Bonchev–Trinajstić information content (AvgIpc) is 2.29. The summed E-state index contributed by atoms with van der Waals surface area (Å²) in [4.78, 5) is 16.7. The maximum atomic E-state index is 10.3. The van der Waals surface area contributed by atoms with E-state index in [1.807, 2.05) is 0 Å². The molecule has 3 atom stereocenters. The van der Waals surface area contributed by atoms with Gasteiger partial charge >= 0.3 is 7.82 Å². The summed E-state index contributed by atoms with van der Waals surface area (Å²) in [5, 5.41) is 20.9. The highest BCUT2D eigenvalue weighted by Crippen LogP contribution is 2.36. The highest BCUT2D eigenvalue weighted by Gasteiger charge is 2.34. The summed E-state index contributed by atoms with van der Waals surface area (Å²) in [6.07, 6.45) is -1.96.